The van der Waals surface area contributed by atoms with E-state index in [0.717, 1.165) is 30.4 Å². The summed E-state index contributed by atoms with van der Waals surface area (Å²) in [6.45, 7) is -1.42. The Hall–Kier alpha value is -2.36. The second-order valence-corrected chi connectivity index (χ2v) is 11.3. The molecule has 0 spiro atoms. The zero-order valence-corrected chi connectivity index (χ0v) is 23.2. The van der Waals surface area contributed by atoms with Crippen LogP contribution in [0.15, 0.2) is 42.5 Å². The molecular weight excluding hydrogens is 552 g/mol. The number of aliphatic hydroxyl groups is 6. The van der Waals surface area contributed by atoms with Crippen molar-refractivity contribution in [1.29, 1.82) is 0 Å². The van der Waals surface area contributed by atoms with Gasteiger partial charge in [-0.1, -0.05) is 24.6 Å². The average molecular weight is 593 g/mol. The number of phenolic OH excluding ortho intramolecular Hbond substituents is 1. The van der Waals surface area contributed by atoms with Crippen LogP contribution in [0.1, 0.15) is 36.8 Å². The van der Waals surface area contributed by atoms with Gasteiger partial charge in [-0.05, 0) is 67.5 Å². The lowest BCUT2D eigenvalue weighted by Crippen LogP contribution is -2.60. The SMILES string of the molecule is OC[C@@]1(O)CO[C@@H](OC[C@H]2O[C@@H](O[C@@H]3CCCCc4ccc(O)c(c4)Oc4cccc(c4)CC3)[C@H](O)[C@@H](O)[C@@H]2O)[C@@H]1O. The number of phenols is 1. The predicted octanol–water partition coefficient (Wildman–Crippen LogP) is 0.493. The Morgan fingerprint density at radius 3 is 2.48 bits per heavy atom. The molecule has 5 rings (SSSR count). The molecule has 0 unspecified atom stereocenters. The lowest BCUT2D eigenvalue weighted by Gasteiger charge is -2.41. The largest absolute Gasteiger partial charge is 0.504 e. The van der Waals surface area contributed by atoms with Crippen molar-refractivity contribution in [2.75, 3.05) is 19.8 Å². The molecule has 3 aliphatic heterocycles. The summed E-state index contributed by atoms with van der Waals surface area (Å²) in [6.07, 6.45) is -5.95. The highest BCUT2D eigenvalue weighted by atomic mass is 16.7. The molecule has 42 heavy (non-hydrogen) atoms. The van der Waals surface area contributed by atoms with Crippen LogP contribution in [0.4, 0.5) is 0 Å². The van der Waals surface area contributed by atoms with Gasteiger partial charge < -0.3 is 59.4 Å². The molecule has 3 heterocycles. The lowest BCUT2D eigenvalue weighted by atomic mass is 9.98. The summed E-state index contributed by atoms with van der Waals surface area (Å²) in [5.74, 6) is 1.07. The number of benzene rings is 2. The maximum atomic E-state index is 10.7. The van der Waals surface area contributed by atoms with Crippen molar-refractivity contribution in [3.63, 3.8) is 0 Å². The van der Waals surface area contributed by atoms with Gasteiger partial charge in [0.2, 0.25) is 0 Å². The minimum atomic E-state index is -1.87. The number of fused-ring (bicyclic) bond motifs is 4. The second-order valence-electron chi connectivity index (χ2n) is 11.3. The molecule has 0 radical (unpaired) electrons. The van der Waals surface area contributed by atoms with Crippen molar-refractivity contribution in [2.45, 2.75) is 93.3 Å². The number of hydrogen-bond donors (Lipinski definition) is 7. The van der Waals surface area contributed by atoms with E-state index in [0.29, 0.717) is 30.8 Å². The molecule has 2 fully saturated rings. The fraction of sp³-hybridized carbons (Fsp3) is 0.600. The van der Waals surface area contributed by atoms with E-state index in [4.69, 9.17) is 23.7 Å². The molecule has 12 heteroatoms. The second kappa shape index (κ2) is 13.5. The third kappa shape index (κ3) is 7.05. The van der Waals surface area contributed by atoms with E-state index in [1.54, 1.807) is 6.07 Å². The van der Waals surface area contributed by atoms with Gasteiger partial charge in [-0.2, -0.15) is 0 Å². The fourth-order valence-corrected chi connectivity index (χ4v) is 5.48. The topological polar surface area (TPSA) is 188 Å². The molecule has 9 atom stereocenters. The van der Waals surface area contributed by atoms with Crippen LogP contribution >= 0.6 is 0 Å². The van der Waals surface area contributed by atoms with Crippen LogP contribution in [0.5, 0.6) is 17.2 Å². The first-order chi connectivity index (χ1) is 20.2. The first-order valence-corrected chi connectivity index (χ1v) is 14.3. The normalized spacial score (nSPS) is 35.8. The molecule has 2 aromatic carbocycles. The van der Waals surface area contributed by atoms with Crippen molar-refractivity contribution in [1.82, 2.24) is 0 Å². The summed E-state index contributed by atoms with van der Waals surface area (Å²) < 4.78 is 28.8. The molecule has 2 aromatic rings. The van der Waals surface area contributed by atoms with Crippen LogP contribution in [0.25, 0.3) is 0 Å². The highest BCUT2D eigenvalue weighted by Gasteiger charge is 2.50. The zero-order valence-electron chi connectivity index (χ0n) is 23.2. The molecule has 0 aliphatic carbocycles. The number of aromatic hydroxyl groups is 1. The van der Waals surface area contributed by atoms with E-state index in [1.165, 1.54) is 0 Å². The van der Waals surface area contributed by atoms with Crippen molar-refractivity contribution in [3.8, 4) is 17.2 Å². The maximum absolute atomic E-state index is 10.7. The van der Waals surface area contributed by atoms with Gasteiger partial charge in [-0.25, -0.2) is 0 Å². The van der Waals surface area contributed by atoms with Crippen LogP contribution in [0, 0.1) is 0 Å². The van der Waals surface area contributed by atoms with Crippen LogP contribution in [0.3, 0.4) is 0 Å². The number of ether oxygens (including phenoxy) is 5. The van der Waals surface area contributed by atoms with E-state index in [2.05, 4.69) is 0 Å². The molecule has 0 amide bonds. The number of hydrogen-bond acceptors (Lipinski definition) is 12. The van der Waals surface area contributed by atoms with Crippen molar-refractivity contribution < 1.29 is 59.4 Å². The Kier molecular flexibility index (Phi) is 10.0. The van der Waals surface area contributed by atoms with Crippen molar-refractivity contribution in [2.24, 2.45) is 0 Å². The lowest BCUT2D eigenvalue weighted by molar-refractivity contribution is -0.319. The van der Waals surface area contributed by atoms with Gasteiger partial charge in [-0.3, -0.25) is 0 Å². The summed E-state index contributed by atoms with van der Waals surface area (Å²) >= 11 is 0. The highest BCUT2D eigenvalue weighted by Crippen LogP contribution is 2.34. The van der Waals surface area contributed by atoms with Crippen LogP contribution in [0.2, 0.25) is 0 Å². The van der Waals surface area contributed by atoms with Gasteiger partial charge in [0.05, 0.1) is 25.9 Å². The van der Waals surface area contributed by atoms with E-state index in [1.807, 2.05) is 36.4 Å². The molecule has 12 nitrogen and oxygen atoms in total. The van der Waals surface area contributed by atoms with Crippen LogP contribution in [-0.2, 0) is 31.8 Å². The molecule has 7 N–H and O–H groups in total. The summed E-state index contributed by atoms with van der Waals surface area (Å²) in [4.78, 5) is 0. The molecule has 232 valence electrons. The fourth-order valence-electron chi connectivity index (χ4n) is 5.48. The van der Waals surface area contributed by atoms with Crippen LogP contribution < -0.4 is 4.74 Å². The summed E-state index contributed by atoms with van der Waals surface area (Å²) in [5, 5.41) is 71.8. The van der Waals surface area contributed by atoms with E-state index < -0.39 is 55.3 Å². The van der Waals surface area contributed by atoms with Gasteiger partial charge in [0.1, 0.15) is 41.9 Å². The Bertz CT molecular complexity index is 1180. The van der Waals surface area contributed by atoms with Crippen molar-refractivity contribution in [3.05, 3.63) is 53.6 Å². The Labute approximate surface area is 243 Å². The highest BCUT2D eigenvalue weighted by molar-refractivity contribution is 5.45. The molecule has 4 bridgehead atoms. The standard InChI is InChI=1S/C30H40O12/c31-15-30(37)16-39-29(27(30)36)38-14-23-24(33)25(34)26(35)28(42-23)41-19-6-2-1-4-18-9-11-21(32)22(13-18)40-20-7-3-5-17(12-20)8-10-19/h3,5,7,9,11-13,19,23-29,31-37H,1-2,4,6,8,10,14-16H2/t19-,23-,24-,25+,26-,27+,28-,29-,30-/m1/s1. The minimum absolute atomic E-state index is 0.0744. The van der Waals surface area contributed by atoms with E-state index in [9.17, 15) is 35.7 Å². The number of aliphatic hydroxyl groups excluding tert-OH is 5. The van der Waals surface area contributed by atoms with Crippen molar-refractivity contribution >= 4 is 0 Å². The summed E-state index contributed by atoms with van der Waals surface area (Å²) in [7, 11) is 0. The third-order valence-corrected chi connectivity index (χ3v) is 8.15. The summed E-state index contributed by atoms with van der Waals surface area (Å²) in [6, 6.07) is 12.9. The third-order valence-electron chi connectivity index (χ3n) is 8.15. The smallest absolute Gasteiger partial charge is 0.186 e. The van der Waals surface area contributed by atoms with Gasteiger partial charge >= 0.3 is 0 Å². The van der Waals surface area contributed by atoms with Gasteiger partial charge in [-0.15, -0.1) is 0 Å². The predicted molar refractivity (Wildman–Crippen MR) is 146 cm³/mol. The minimum Gasteiger partial charge on any atom is -0.504 e. The quantitative estimate of drug-likeness (QED) is 0.246. The number of rotatable bonds is 6. The van der Waals surface area contributed by atoms with E-state index in [-0.39, 0.29) is 25.1 Å². The van der Waals surface area contributed by atoms with E-state index >= 15 is 0 Å². The first-order valence-electron chi connectivity index (χ1n) is 14.3. The molecular formula is C30H40O12. The molecule has 2 saturated heterocycles. The Morgan fingerprint density at radius 2 is 1.69 bits per heavy atom. The summed E-state index contributed by atoms with van der Waals surface area (Å²) in [5.41, 5.74) is 0.131. The van der Waals surface area contributed by atoms with Gasteiger partial charge in [0.15, 0.2) is 24.1 Å². The Balaban J connectivity index is 1.25. The van der Waals surface area contributed by atoms with Crippen LogP contribution in [-0.4, -0.2) is 110 Å². The molecule has 0 saturated carbocycles. The number of aryl methyl sites for hydroxylation is 2. The molecule has 3 aliphatic rings. The molecule has 0 aromatic heterocycles. The van der Waals surface area contributed by atoms with Gasteiger partial charge in [0.25, 0.3) is 0 Å². The average Bonchev–Trinajstić information content (AvgIpc) is 3.28. The van der Waals surface area contributed by atoms with Gasteiger partial charge in [0, 0.05) is 0 Å². The maximum Gasteiger partial charge on any atom is 0.186 e. The monoisotopic (exact) mass is 592 g/mol. The zero-order chi connectivity index (χ0) is 29.9. The first kappa shape index (κ1) is 31.1. The Morgan fingerprint density at radius 1 is 0.881 bits per heavy atom.